The fraction of sp³-hybridized carbons (Fsp3) is 0.412. The van der Waals surface area contributed by atoms with Crippen LogP contribution in [-0.4, -0.2) is 37.3 Å². The number of halogens is 4. The summed E-state index contributed by atoms with van der Waals surface area (Å²) in [7, 11) is 0. The van der Waals surface area contributed by atoms with Gasteiger partial charge in [0.15, 0.2) is 0 Å². The zero-order valence-corrected chi connectivity index (χ0v) is 27.8. The first-order valence-corrected chi connectivity index (χ1v) is 16.6. The van der Waals surface area contributed by atoms with Crippen LogP contribution < -0.4 is 24.8 Å². The average molecular weight is 661 g/mol. The molecular formula is C34H35Cl4N2O3+. The van der Waals surface area contributed by atoms with Crippen molar-refractivity contribution in [1.29, 1.82) is 0 Å². The quantitative estimate of drug-likeness (QED) is 0.136. The van der Waals surface area contributed by atoms with E-state index in [4.69, 9.17) is 51.1 Å². The van der Waals surface area contributed by atoms with Crippen molar-refractivity contribution in [2.45, 2.75) is 65.2 Å². The van der Waals surface area contributed by atoms with Gasteiger partial charge in [0.1, 0.15) is 24.6 Å². The number of rotatable bonds is 4. The van der Waals surface area contributed by atoms with Crippen molar-refractivity contribution >= 4 is 63.6 Å². The van der Waals surface area contributed by atoms with Crippen LogP contribution in [-0.2, 0) is 0 Å². The summed E-state index contributed by atoms with van der Waals surface area (Å²) >= 11 is 26.6. The van der Waals surface area contributed by atoms with Gasteiger partial charge in [-0.1, -0.05) is 60.3 Å². The van der Waals surface area contributed by atoms with Crippen molar-refractivity contribution in [2.75, 3.05) is 31.1 Å². The minimum atomic E-state index is -1.23. The Morgan fingerprint density at radius 1 is 0.930 bits per heavy atom. The van der Waals surface area contributed by atoms with Crippen molar-refractivity contribution in [3.8, 4) is 11.5 Å². The van der Waals surface area contributed by atoms with Gasteiger partial charge in [-0.25, -0.2) is 9.37 Å². The summed E-state index contributed by atoms with van der Waals surface area (Å²) in [6, 6.07) is 8.54. The first kappa shape index (κ1) is 30.6. The molecule has 3 aliphatic heterocycles. The van der Waals surface area contributed by atoms with Crippen molar-refractivity contribution in [3.63, 3.8) is 0 Å². The Bertz CT molecular complexity index is 1800. The first-order chi connectivity index (χ1) is 20.6. The fourth-order valence-electron chi connectivity index (χ4n) is 7.05. The van der Waals surface area contributed by atoms with E-state index in [0.717, 1.165) is 73.7 Å². The minimum Gasteiger partial charge on any atom is -0.478 e. The Labute approximate surface area is 272 Å². The monoisotopic (exact) mass is 659 g/mol. The van der Waals surface area contributed by atoms with Crippen molar-refractivity contribution in [2.24, 2.45) is 0 Å². The highest BCUT2D eigenvalue weighted by atomic mass is 35.5. The lowest BCUT2D eigenvalue weighted by molar-refractivity contribution is 0.0696. The van der Waals surface area contributed by atoms with Crippen LogP contribution in [0.3, 0.4) is 0 Å². The summed E-state index contributed by atoms with van der Waals surface area (Å²) in [5, 5.41) is 12.3. The van der Waals surface area contributed by atoms with Gasteiger partial charge in [-0.05, 0) is 62.6 Å². The molecule has 3 aromatic rings. The zero-order valence-electron chi connectivity index (χ0n) is 24.8. The van der Waals surface area contributed by atoms with E-state index in [1.165, 1.54) is 11.1 Å². The predicted molar refractivity (Wildman–Crippen MR) is 177 cm³/mol. The van der Waals surface area contributed by atoms with Gasteiger partial charge in [-0.2, -0.15) is 0 Å². The van der Waals surface area contributed by atoms with Crippen LogP contribution in [0.25, 0.3) is 5.57 Å². The third-order valence-corrected chi connectivity index (χ3v) is 11.2. The highest BCUT2D eigenvalue weighted by Crippen LogP contribution is 2.49. The molecule has 5 nitrogen and oxygen atoms in total. The molecular weight excluding hydrogens is 626 g/mol. The second-order valence-corrected chi connectivity index (χ2v) is 13.4. The molecule has 0 saturated carbocycles. The second-order valence-electron chi connectivity index (χ2n) is 11.8. The van der Waals surface area contributed by atoms with E-state index in [1.54, 1.807) is 0 Å². The summed E-state index contributed by atoms with van der Waals surface area (Å²) in [5.74, 6) is 0.664. The molecule has 2 unspecified atom stereocenters. The van der Waals surface area contributed by atoms with Gasteiger partial charge >= 0.3 is 5.97 Å². The molecule has 0 saturated heterocycles. The van der Waals surface area contributed by atoms with Gasteiger partial charge in [-0.3, -0.25) is 0 Å². The topological polar surface area (TPSA) is 52.8 Å². The number of ether oxygens (including phenoxy) is 1. The van der Waals surface area contributed by atoms with Crippen LogP contribution in [0.15, 0.2) is 24.3 Å². The van der Waals surface area contributed by atoms with Gasteiger partial charge in [0.25, 0.3) is 0 Å². The van der Waals surface area contributed by atoms with Crippen LogP contribution >= 0.6 is 46.4 Å². The molecule has 3 aliphatic rings. The lowest BCUT2D eigenvalue weighted by atomic mass is 9.85. The maximum absolute atomic E-state index is 12.8. The lowest BCUT2D eigenvalue weighted by Crippen LogP contribution is -2.34. The zero-order chi connectivity index (χ0) is 30.7. The summed E-state index contributed by atoms with van der Waals surface area (Å²) in [4.78, 5) is 15.2. The molecule has 1 N–H and O–H groups in total. The van der Waals surface area contributed by atoms with Gasteiger partial charge in [0.2, 0.25) is 5.36 Å². The van der Waals surface area contributed by atoms with E-state index in [9.17, 15) is 9.90 Å². The summed E-state index contributed by atoms with van der Waals surface area (Å²) in [6.45, 7) is 12.5. The molecule has 6 rings (SSSR count). The molecule has 3 aromatic carbocycles. The number of carboxylic acids is 1. The Morgan fingerprint density at radius 3 is 2.33 bits per heavy atom. The molecule has 3 heterocycles. The van der Waals surface area contributed by atoms with E-state index in [1.807, 2.05) is 0 Å². The van der Waals surface area contributed by atoms with Crippen LogP contribution in [0.2, 0.25) is 20.1 Å². The molecule has 0 aliphatic carbocycles. The van der Waals surface area contributed by atoms with E-state index >= 15 is 0 Å². The van der Waals surface area contributed by atoms with E-state index in [0.29, 0.717) is 28.9 Å². The standard InChI is InChI=1S/C34H34Cl4N2O3/c1-5-39-11-7-9-17(3)19-13-21-25(15-23(19)39)43-26-16-24-20(18(4)10-8-12-40(24)6-2)14-22(26)27(21)28-29(34(41)42)31(36)33(38)32(37)30(28)35/h13-18H,5-12H2,1-4H3/p+1. The van der Waals surface area contributed by atoms with Crippen LogP contribution in [0.5, 0.6) is 11.5 Å². The number of nitrogens with zero attached hydrogens (tertiary/aromatic N) is 2. The Hall–Kier alpha value is -2.44. The number of benzene rings is 3. The van der Waals surface area contributed by atoms with E-state index in [-0.39, 0.29) is 31.2 Å². The number of carboxylic acid groups (broad SMARTS) is 1. The maximum Gasteiger partial charge on any atom is 0.337 e. The van der Waals surface area contributed by atoms with E-state index in [2.05, 4.69) is 61.4 Å². The van der Waals surface area contributed by atoms with Crippen molar-refractivity contribution in [1.82, 2.24) is 4.58 Å². The number of anilines is 1. The van der Waals surface area contributed by atoms with Gasteiger partial charge in [0.05, 0.1) is 31.7 Å². The van der Waals surface area contributed by atoms with Crippen LogP contribution in [0.1, 0.15) is 97.8 Å². The molecule has 2 atom stereocenters. The molecule has 0 fully saturated rings. The number of aromatic carboxylic acids is 1. The highest BCUT2D eigenvalue weighted by molar-refractivity contribution is 6.53. The molecule has 0 amide bonds. The third-order valence-electron chi connectivity index (χ3n) is 9.38. The highest BCUT2D eigenvalue weighted by Gasteiger charge is 2.34. The number of hydrogen-bond acceptors (Lipinski definition) is 3. The van der Waals surface area contributed by atoms with Crippen LogP contribution in [0.4, 0.5) is 5.69 Å². The first-order valence-electron chi connectivity index (χ1n) is 15.1. The van der Waals surface area contributed by atoms with Gasteiger partial charge in [0, 0.05) is 58.7 Å². The Kier molecular flexibility index (Phi) is 8.40. The Morgan fingerprint density at radius 2 is 1.63 bits per heavy atom. The fourth-order valence-corrected chi connectivity index (χ4v) is 8.08. The normalized spacial score (nSPS) is 19.5. The average Bonchev–Trinajstić information content (AvgIpc) is 3.24. The molecule has 9 heteroatoms. The van der Waals surface area contributed by atoms with Gasteiger partial charge in [-0.15, -0.1) is 0 Å². The summed E-state index contributed by atoms with van der Waals surface area (Å²) < 4.78 is 9.16. The molecule has 0 spiro atoms. The summed E-state index contributed by atoms with van der Waals surface area (Å²) in [5.41, 5.74) is 5.02. The van der Waals surface area contributed by atoms with Gasteiger partial charge < -0.3 is 14.7 Å². The second kappa shape index (κ2) is 11.8. The molecule has 0 bridgehead atoms. The minimum absolute atomic E-state index is 0.0241. The number of hydrogen-bond donors (Lipinski definition) is 1. The smallest absolute Gasteiger partial charge is 0.337 e. The van der Waals surface area contributed by atoms with Crippen LogP contribution in [0, 0.1) is 0 Å². The molecule has 0 aromatic heterocycles. The number of fused-ring (bicyclic) bond motifs is 4. The van der Waals surface area contributed by atoms with Crippen molar-refractivity contribution in [3.05, 3.63) is 82.7 Å². The lowest BCUT2D eigenvalue weighted by Gasteiger charge is -2.29. The third kappa shape index (κ3) is 5.01. The molecule has 43 heavy (non-hydrogen) atoms. The summed E-state index contributed by atoms with van der Waals surface area (Å²) in [6.07, 6.45) is 4.26. The Balaban J connectivity index is 1.82. The SMILES string of the molecule is CCN1CCCC(C)c2cc3c(cc21)Oc1cc2c(cc1=C3c1c(Cl)c(Cl)c(Cl)c(Cl)c1C(=O)O)C(C)CCC[N+]=2CC. The largest absolute Gasteiger partial charge is 0.478 e. The molecule has 0 radical (unpaired) electrons. The maximum atomic E-state index is 12.8. The predicted octanol–water partition coefficient (Wildman–Crippen LogP) is 8.48. The number of carbonyl (C=O) groups is 1. The van der Waals surface area contributed by atoms with E-state index < -0.39 is 5.97 Å². The van der Waals surface area contributed by atoms with Crippen molar-refractivity contribution < 1.29 is 14.6 Å². The molecule has 226 valence electrons.